The molecule has 3 rings (SSSR count). The third-order valence-electron chi connectivity index (χ3n) is 4.24. The van der Waals surface area contributed by atoms with E-state index in [9.17, 15) is 0 Å². The zero-order chi connectivity index (χ0) is 18.5. The van der Waals surface area contributed by atoms with Crippen LogP contribution in [0, 0.1) is 0 Å². The lowest BCUT2D eigenvalue weighted by Gasteiger charge is -2.29. The van der Waals surface area contributed by atoms with E-state index < -0.39 is 0 Å². The topological polar surface area (TPSA) is 24.5 Å². The van der Waals surface area contributed by atoms with Crippen molar-refractivity contribution in [2.24, 2.45) is 0 Å². The molecule has 26 heavy (non-hydrogen) atoms. The van der Waals surface area contributed by atoms with Gasteiger partial charge >= 0.3 is 0 Å². The Morgan fingerprint density at radius 2 is 1.88 bits per heavy atom. The number of hydrogen-bond acceptors (Lipinski definition) is 2. The number of anilines is 1. The molecule has 1 N–H and O–H groups in total. The van der Waals surface area contributed by atoms with Crippen molar-refractivity contribution < 1.29 is 4.74 Å². The summed E-state index contributed by atoms with van der Waals surface area (Å²) < 4.78 is 6.82. The van der Waals surface area contributed by atoms with Crippen LogP contribution in [0.25, 0.3) is 0 Å². The number of benzene rings is 2. The largest absolute Gasteiger partial charge is 0.376 e. The number of nitrogens with one attached hydrogen (secondary N) is 1. The molecule has 1 aliphatic heterocycles. The van der Waals surface area contributed by atoms with E-state index in [1.54, 1.807) is 0 Å². The van der Waals surface area contributed by atoms with Gasteiger partial charge in [-0.2, -0.15) is 0 Å². The molecule has 1 heterocycles. The number of hydrogen-bond donors (Lipinski definition) is 1. The van der Waals surface area contributed by atoms with Gasteiger partial charge in [0.15, 0.2) is 5.11 Å². The Morgan fingerprint density at radius 1 is 1.19 bits per heavy atom. The Hall–Kier alpha value is -0.850. The van der Waals surface area contributed by atoms with Crippen molar-refractivity contribution in [3.05, 3.63) is 62.5 Å². The van der Waals surface area contributed by atoms with Crippen LogP contribution in [0.3, 0.4) is 0 Å². The average molecular weight is 474 g/mol. The van der Waals surface area contributed by atoms with E-state index in [-0.39, 0.29) is 6.10 Å². The fraction of sp³-hybridized carbons (Fsp3) is 0.316. The van der Waals surface area contributed by atoms with Gasteiger partial charge in [0.25, 0.3) is 0 Å². The zero-order valence-electron chi connectivity index (χ0n) is 14.1. The normalized spacial score (nSPS) is 16.5. The predicted octanol–water partition coefficient (Wildman–Crippen LogP) is 6.13. The highest BCUT2D eigenvalue weighted by atomic mass is 79.9. The maximum Gasteiger partial charge on any atom is 0.173 e. The van der Waals surface area contributed by atoms with Crippen LogP contribution < -0.4 is 5.32 Å². The quantitative estimate of drug-likeness (QED) is 0.527. The molecule has 0 amide bonds. The molecule has 0 bridgehead atoms. The van der Waals surface area contributed by atoms with Crippen molar-refractivity contribution in [2.75, 3.05) is 18.5 Å². The molecule has 1 aliphatic rings. The van der Waals surface area contributed by atoms with Gasteiger partial charge in [0.2, 0.25) is 0 Å². The molecule has 2 aromatic carbocycles. The van der Waals surface area contributed by atoms with Gasteiger partial charge < -0.3 is 15.0 Å². The van der Waals surface area contributed by atoms with Crippen LogP contribution in [0.2, 0.25) is 10.0 Å². The van der Waals surface area contributed by atoms with Gasteiger partial charge in [-0.1, -0.05) is 45.2 Å². The van der Waals surface area contributed by atoms with Gasteiger partial charge in [0.05, 0.1) is 6.10 Å². The van der Waals surface area contributed by atoms with E-state index in [1.165, 1.54) is 0 Å². The molecular formula is C19H19BrCl2N2OS. The Bertz CT molecular complexity index is 746. The summed E-state index contributed by atoms with van der Waals surface area (Å²) >= 11 is 21.8. The second-order valence-electron chi connectivity index (χ2n) is 6.15. The molecule has 0 saturated carbocycles. The Labute approximate surface area is 177 Å². The van der Waals surface area contributed by atoms with Crippen LogP contribution in [0.5, 0.6) is 0 Å². The minimum absolute atomic E-state index is 0.168. The SMILES string of the molecule is S=C(Nc1ccc(Br)cc1)N(Cc1c(Cl)cccc1Cl)CC1CCCO1. The molecule has 1 atom stereocenters. The van der Waals surface area contributed by atoms with E-state index in [4.69, 9.17) is 40.2 Å². The van der Waals surface area contributed by atoms with Crippen LogP contribution >= 0.6 is 51.3 Å². The van der Waals surface area contributed by atoms with Gasteiger partial charge in [0.1, 0.15) is 0 Å². The van der Waals surface area contributed by atoms with E-state index in [1.807, 2.05) is 42.5 Å². The average Bonchev–Trinajstić information content (AvgIpc) is 3.12. The summed E-state index contributed by atoms with van der Waals surface area (Å²) in [4.78, 5) is 2.07. The summed E-state index contributed by atoms with van der Waals surface area (Å²) in [6.07, 6.45) is 2.28. The second-order valence-corrected chi connectivity index (χ2v) is 8.27. The molecular weight excluding hydrogens is 455 g/mol. The molecule has 1 saturated heterocycles. The first-order chi connectivity index (χ1) is 12.5. The molecule has 0 spiro atoms. The van der Waals surface area contributed by atoms with E-state index >= 15 is 0 Å². The monoisotopic (exact) mass is 472 g/mol. The molecule has 0 radical (unpaired) electrons. The Kier molecular flexibility index (Phi) is 7.18. The van der Waals surface area contributed by atoms with Crippen molar-refractivity contribution in [3.63, 3.8) is 0 Å². The minimum atomic E-state index is 0.168. The van der Waals surface area contributed by atoms with Crippen molar-refractivity contribution in [2.45, 2.75) is 25.5 Å². The summed E-state index contributed by atoms with van der Waals surface area (Å²) in [7, 11) is 0. The first-order valence-corrected chi connectivity index (χ1v) is 10.3. The van der Waals surface area contributed by atoms with Crippen LogP contribution in [-0.2, 0) is 11.3 Å². The van der Waals surface area contributed by atoms with Gasteiger partial charge in [-0.25, -0.2) is 0 Å². The lowest BCUT2D eigenvalue weighted by molar-refractivity contribution is 0.0905. The van der Waals surface area contributed by atoms with Crippen LogP contribution in [-0.4, -0.2) is 29.3 Å². The third kappa shape index (κ3) is 5.33. The maximum atomic E-state index is 6.36. The summed E-state index contributed by atoms with van der Waals surface area (Å²) in [6.45, 7) is 2.03. The van der Waals surface area contributed by atoms with Gasteiger partial charge in [-0.3, -0.25) is 0 Å². The van der Waals surface area contributed by atoms with Crippen LogP contribution in [0.4, 0.5) is 5.69 Å². The van der Waals surface area contributed by atoms with Gasteiger partial charge in [0, 0.05) is 45.5 Å². The lowest BCUT2D eigenvalue weighted by Crippen LogP contribution is -2.39. The highest BCUT2D eigenvalue weighted by Crippen LogP contribution is 2.27. The minimum Gasteiger partial charge on any atom is -0.376 e. The van der Waals surface area contributed by atoms with E-state index in [0.717, 1.165) is 35.2 Å². The van der Waals surface area contributed by atoms with Gasteiger partial charge in [-0.05, 0) is 61.5 Å². The lowest BCUT2D eigenvalue weighted by atomic mass is 10.2. The van der Waals surface area contributed by atoms with E-state index in [2.05, 4.69) is 26.1 Å². The number of nitrogens with zero attached hydrogens (tertiary/aromatic N) is 1. The molecule has 1 fully saturated rings. The highest BCUT2D eigenvalue weighted by molar-refractivity contribution is 9.10. The number of ether oxygens (including phenoxy) is 1. The zero-order valence-corrected chi connectivity index (χ0v) is 18.0. The van der Waals surface area contributed by atoms with Crippen molar-refractivity contribution in [1.82, 2.24) is 4.90 Å². The second kappa shape index (κ2) is 9.38. The summed E-state index contributed by atoms with van der Waals surface area (Å²) in [5.74, 6) is 0. The number of halogens is 3. The van der Waals surface area contributed by atoms with Crippen molar-refractivity contribution in [3.8, 4) is 0 Å². The summed E-state index contributed by atoms with van der Waals surface area (Å²) in [6, 6.07) is 13.4. The first kappa shape index (κ1) is 19.9. The standard InChI is InChI=1S/C19H19BrCl2N2OS/c20-13-6-8-14(9-7-13)23-19(26)24(11-15-3-2-10-25-15)12-16-17(21)4-1-5-18(16)22/h1,4-9,15H,2-3,10-12H2,(H,23,26). The van der Waals surface area contributed by atoms with Crippen molar-refractivity contribution >= 4 is 62.1 Å². The van der Waals surface area contributed by atoms with E-state index in [0.29, 0.717) is 28.2 Å². The number of rotatable bonds is 5. The summed E-state index contributed by atoms with van der Waals surface area (Å²) in [5, 5.41) is 5.20. The van der Waals surface area contributed by atoms with Crippen molar-refractivity contribution in [1.29, 1.82) is 0 Å². The molecule has 1 unspecified atom stereocenters. The molecule has 2 aromatic rings. The summed E-state index contributed by atoms with van der Waals surface area (Å²) in [5.41, 5.74) is 1.80. The smallest absolute Gasteiger partial charge is 0.173 e. The fourth-order valence-electron chi connectivity index (χ4n) is 2.86. The van der Waals surface area contributed by atoms with Crippen LogP contribution in [0.15, 0.2) is 46.9 Å². The third-order valence-corrected chi connectivity index (χ3v) is 5.84. The predicted molar refractivity (Wildman–Crippen MR) is 116 cm³/mol. The van der Waals surface area contributed by atoms with Gasteiger partial charge in [-0.15, -0.1) is 0 Å². The Morgan fingerprint density at radius 3 is 2.50 bits per heavy atom. The maximum absolute atomic E-state index is 6.36. The Balaban J connectivity index is 1.77. The fourth-order valence-corrected chi connectivity index (χ4v) is 3.90. The molecule has 0 aromatic heterocycles. The molecule has 138 valence electrons. The first-order valence-electron chi connectivity index (χ1n) is 8.39. The molecule has 7 heteroatoms. The molecule has 3 nitrogen and oxygen atoms in total. The highest BCUT2D eigenvalue weighted by Gasteiger charge is 2.22. The van der Waals surface area contributed by atoms with Crippen LogP contribution in [0.1, 0.15) is 18.4 Å². The molecule has 0 aliphatic carbocycles. The number of thiocarbonyl (C=S) groups is 1.